The van der Waals surface area contributed by atoms with Crippen LogP contribution in [0, 0.1) is 6.92 Å². The number of aromatic nitrogens is 1. The molecule has 4 heteroatoms. The Kier molecular flexibility index (Phi) is 5.95. The lowest BCUT2D eigenvalue weighted by Crippen LogP contribution is -2.11. The van der Waals surface area contributed by atoms with Crippen LogP contribution in [0.15, 0.2) is 42.6 Å². The fraction of sp³-hybridized carbons (Fsp3) is 0.333. The zero-order valence-corrected chi connectivity index (χ0v) is 13.2. The number of nitrogens with one attached hydrogen (secondary N) is 2. The lowest BCUT2D eigenvalue weighted by Gasteiger charge is -2.08. The molecule has 0 bridgehead atoms. The highest BCUT2D eigenvalue weighted by Crippen LogP contribution is 2.12. The molecular weight excluding hydrogens is 274 g/mol. The van der Waals surface area contributed by atoms with E-state index in [0.29, 0.717) is 6.42 Å². The number of amides is 1. The molecule has 2 rings (SSSR count). The maximum absolute atomic E-state index is 11.6. The van der Waals surface area contributed by atoms with Crippen molar-refractivity contribution < 1.29 is 4.79 Å². The summed E-state index contributed by atoms with van der Waals surface area (Å²) in [6.45, 7) is 4.89. The van der Waals surface area contributed by atoms with E-state index in [9.17, 15) is 4.79 Å². The summed E-state index contributed by atoms with van der Waals surface area (Å²) in [5.74, 6) is 0.845. The van der Waals surface area contributed by atoms with E-state index in [-0.39, 0.29) is 5.91 Å². The van der Waals surface area contributed by atoms with Gasteiger partial charge in [-0.25, -0.2) is 4.98 Å². The smallest absolute Gasteiger partial charge is 0.224 e. The van der Waals surface area contributed by atoms with Crippen molar-refractivity contribution in [2.45, 2.75) is 39.7 Å². The number of unbranched alkanes of at least 4 members (excludes halogenated alkanes) is 1. The molecule has 0 saturated heterocycles. The topological polar surface area (TPSA) is 54.0 Å². The van der Waals surface area contributed by atoms with Gasteiger partial charge in [-0.3, -0.25) is 4.79 Å². The third-order valence-electron chi connectivity index (χ3n) is 3.36. The number of hydrogen-bond donors (Lipinski definition) is 2. The van der Waals surface area contributed by atoms with Crippen molar-refractivity contribution in [1.29, 1.82) is 0 Å². The fourth-order valence-electron chi connectivity index (χ4n) is 2.15. The van der Waals surface area contributed by atoms with Gasteiger partial charge in [0.15, 0.2) is 0 Å². The van der Waals surface area contributed by atoms with Crippen LogP contribution in [0.4, 0.5) is 11.5 Å². The summed E-state index contributed by atoms with van der Waals surface area (Å²) in [4.78, 5) is 16.0. The van der Waals surface area contributed by atoms with Crippen molar-refractivity contribution >= 4 is 17.4 Å². The van der Waals surface area contributed by atoms with Crippen LogP contribution in [0.1, 0.15) is 37.3 Å². The molecule has 116 valence electrons. The number of nitrogens with zero attached hydrogens (tertiary/aromatic N) is 1. The molecule has 2 N–H and O–H groups in total. The highest BCUT2D eigenvalue weighted by atomic mass is 16.1. The maximum Gasteiger partial charge on any atom is 0.224 e. The molecule has 22 heavy (non-hydrogen) atoms. The van der Waals surface area contributed by atoms with E-state index in [1.54, 1.807) is 6.20 Å². The van der Waals surface area contributed by atoms with E-state index < -0.39 is 0 Å². The van der Waals surface area contributed by atoms with Crippen molar-refractivity contribution in [2.75, 3.05) is 10.6 Å². The van der Waals surface area contributed by atoms with Crippen LogP contribution >= 0.6 is 0 Å². The van der Waals surface area contributed by atoms with Gasteiger partial charge >= 0.3 is 0 Å². The predicted molar refractivity (Wildman–Crippen MR) is 90.9 cm³/mol. The van der Waals surface area contributed by atoms with Crippen molar-refractivity contribution in [2.24, 2.45) is 0 Å². The predicted octanol–water partition coefficient (Wildman–Crippen LogP) is 4.13. The molecule has 1 amide bonds. The summed E-state index contributed by atoms with van der Waals surface area (Å²) in [6.07, 6.45) is 4.18. The van der Waals surface area contributed by atoms with E-state index in [0.717, 1.165) is 30.9 Å². The Labute approximate surface area is 132 Å². The van der Waals surface area contributed by atoms with Gasteiger partial charge in [0.05, 0.1) is 11.9 Å². The van der Waals surface area contributed by atoms with Crippen LogP contribution in [-0.4, -0.2) is 10.9 Å². The van der Waals surface area contributed by atoms with Crippen molar-refractivity contribution in [3.8, 4) is 0 Å². The third kappa shape index (κ3) is 5.20. The second-order valence-corrected chi connectivity index (χ2v) is 5.43. The molecule has 0 aliphatic heterocycles. The largest absolute Gasteiger partial charge is 0.366 e. The molecule has 0 fully saturated rings. The van der Waals surface area contributed by atoms with Gasteiger partial charge in [0.1, 0.15) is 5.82 Å². The minimum atomic E-state index is 0.0455. The van der Waals surface area contributed by atoms with Gasteiger partial charge in [-0.2, -0.15) is 0 Å². The SMILES string of the molecule is CCCCC(=O)Nc1ccc(NCc2cccc(C)c2)nc1. The lowest BCUT2D eigenvalue weighted by atomic mass is 10.1. The van der Waals surface area contributed by atoms with Crippen molar-refractivity contribution in [3.05, 3.63) is 53.7 Å². The Hall–Kier alpha value is -2.36. The molecule has 0 atom stereocenters. The van der Waals surface area contributed by atoms with Gasteiger partial charge in [-0.1, -0.05) is 43.2 Å². The second-order valence-electron chi connectivity index (χ2n) is 5.43. The number of rotatable bonds is 7. The number of hydrogen-bond acceptors (Lipinski definition) is 3. The van der Waals surface area contributed by atoms with Crippen molar-refractivity contribution in [3.63, 3.8) is 0 Å². The van der Waals surface area contributed by atoms with Crippen molar-refractivity contribution in [1.82, 2.24) is 4.98 Å². The number of pyridine rings is 1. The molecule has 0 spiro atoms. The summed E-state index contributed by atoms with van der Waals surface area (Å²) >= 11 is 0. The summed E-state index contributed by atoms with van der Waals surface area (Å²) in [5.41, 5.74) is 3.21. The van der Waals surface area contributed by atoms with Crippen LogP contribution in [-0.2, 0) is 11.3 Å². The van der Waals surface area contributed by atoms with E-state index in [1.807, 2.05) is 12.1 Å². The average molecular weight is 297 g/mol. The summed E-state index contributed by atoms with van der Waals surface area (Å²) < 4.78 is 0. The first kappa shape index (κ1) is 16.0. The quantitative estimate of drug-likeness (QED) is 0.808. The normalized spacial score (nSPS) is 10.3. The molecule has 0 saturated carbocycles. The lowest BCUT2D eigenvalue weighted by molar-refractivity contribution is -0.116. The van der Waals surface area contributed by atoms with Gasteiger partial charge in [0.25, 0.3) is 0 Å². The van der Waals surface area contributed by atoms with Gasteiger partial charge in [-0.15, -0.1) is 0 Å². The Balaban J connectivity index is 1.85. The number of benzene rings is 1. The zero-order chi connectivity index (χ0) is 15.8. The highest BCUT2D eigenvalue weighted by Gasteiger charge is 2.02. The molecule has 0 aliphatic rings. The summed E-state index contributed by atoms with van der Waals surface area (Å²) in [6, 6.07) is 12.1. The molecule has 1 heterocycles. The van der Waals surface area contributed by atoms with E-state index in [1.165, 1.54) is 11.1 Å². The Bertz CT molecular complexity index is 608. The zero-order valence-electron chi connectivity index (χ0n) is 13.2. The van der Waals surface area contributed by atoms with Crippen LogP contribution in [0.5, 0.6) is 0 Å². The molecule has 2 aromatic rings. The van der Waals surface area contributed by atoms with Crippen LogP contribution in [0.2, 0.25) is 0 Å². The van der Waals surface area contributed by atoms with Gasteiger partial charge in [0.2, 0.25) is 5.91 Å². The number of aryl methyl sites for hydroxylation is 1. The van der Waals surface area contributed by atoms with E-state index in [2.05, 4.69) is 53.7 Å². The van der Waals surface area contributed by atoms with Crippen LogP contribution < -0.4 is 10.6 Å². The monoisotopic (exact) mass is 297 g/mol. The molecule has 1 aromatic carbocycles. The number of carbonyl (C=O) groups is 1. The molecule has 1 aromatic heterocycles. The standard InChI is InChI=1S/C18H23N3O/c1-3-4-8-18(22)21-16-9-10-17(20-13-16)19-12-15-7-5-6-14(2)11-15/h5-7,9-11,13H,3-4,8,12H2,1-2H3,(H,19,20)(H,21,22). The number of carbonyl (C=O) groups excluding carboxylic acids is 1. The fourth-order valence-corrected chi connectivity index (χ4v) is 2.15. The van der Waals surface area contributed by atoms with Crippen LogP contribution in [0.25, 0.3) is 0 Å². The van der Waals surface area contributed by atoms with Gasteiger partial charge < -0.3 is 10.6 Å². The van der Waals surface area contributed by atoms with E-state index >= 15 is 0 Å². The average Bonchev–Trinajstić information content (AvgIpc) is 2.52. The first-order chi connectivity index (χ1) is 10.7. The second kappa shape index (κ2) is 8.17. The first-order valence-electron chi connectivity index (χ1n) is 7.72. The maximum atomic E-state index is 11.6. The summed E-state index contributed by atoms with van der Waals surface area (Å²) in [5, 5.41) is 6.14. The molecule has 4 nitrogen and oxygen atoms in total. The minimum absolute atomic E-state index is 0.0455. The molecule has 0 aliphatic carbocycles. The molecular formula is C18H23N3O. The first-order valence-corrected chi connectivity index (χ1v) is 7.72. The third-order valence-corrected chi connectivity index (χ3v) is 3.36. The van der Waals surface area contributed by atoms with E-state index in [4.69, 9.17) is 0 Å². The molecule has 0 radical (unpaired) electrons. The number of anilines is 2. The Morgan fingerprint density at radius 2 is 2.09 bits per heavy atom. The van der Waals surface area contributed by atoms with Gasteiger partial charge in [-0.05, 0) is 31.0 Å². The minimum Gasteiger partial charge on any atom is -0.366 e. The van der Waals surface area contributed by atoms with Gasteiger partial charge in [0, 0.05) is 13.0 Å². The highest BCUT2D eigenvalue weighted by molar-refractivity contribution is 5.90. The van der Waals surface area contributed by atoms with Crippen LogP contribution in [0.3, 0.4) is 0 Å². The molecule has 0 unspecified atom stereocenters. The Morgan fingerprint density at radius 1 is 1.23 bits per heavy atom. The Morgan fingerprint density at radius 3 is 2.77 bits per heavy atom. The summed E-state index contributed by atoms with van der Waals surface area (Å²) in [7, 11) is 0.